The summed E-state index contributed by atoms with van der Waals surface area (Å²) in [6.07, 6.45) is 3.02. The van der Waals surface area contributed by atoms with E-state index in [0.717, 1.165) is 31.9 Å². The summed E-state index contributed by atoms with van der Waals surface area (Å²) in [6.45, 7) is 4.37. The fraction of sp³-hybridized carbons (Fsp3) is 0.462. The number of nitrogens with one attached hydrogen (secondary N) is 2. The molecule has 0 heterocycles. The first-order valence-corrected chi connectivity index (χ1v) is 7.66. The van der Waals surface area contributed by atoms with Gasteiger partial charge in [0, 0.05) is 30.3 Å². The van der Waals surface area contributed by atoms with Crippen LogP contribution >= 0.6 is 24.0 Å². The number of ether oxygens (including phenoxy) is 1. The molecule has 1 aromatic rings. The zero-order valence-electron chi connectivity index (χ0n) is 10.9. The van der Waals surface area contributed by atoms with Crippen molar-refractivity contribution in [3.8, 4) is 0 Å². The van der Waals surface area contributed by atoms with Crippen molar-refractivity contribution in [2.45, 2.75) is 18.2 Å². The van der Waals surface area contributed by atoms with E-state index in [1.165, 1.54) is 4.90 Å². The number of thiocarbonyl (C=S) groups is 1. The van der Waals surface area contributed by atoms with Gasteiger partial charge in [0.25, 0.3) is 0 Å². The van der Waals surface area contributed by atoms with E-state index in [1.54, 1.807) is 11.8 Å². The summed E-state index contributed by atoms with van der Waals surface area (Å²) < 4.78 is 5.25. The molecule has 3 nitrogen and oxygen atoms in total. The molecule has 0 radical (unpaired) electrons. The molecule has 18 heavy (non-hydrogen) atoms. The van der Waals surface area contributed by atoms with Crippen LogP contribution in [0.2, 0.25) is 0 Å². The highest BCUT2D eigenvalue weighted by Gasteiger charge is 1.97. The minimum absolute atomic E-state index is 0.656. The molecule has 0 saturated carbocycles. The number of thioether (sulfide) groups is 1. The van der Waals surface area contributed by atoms with Crippen molar-refractivity contribution < 1.29 is 4.74 Å². The summed E-state index contributed by atoms with van der Waals surface area (Å²) in [5.41, 5.74) is 1.01. The SMILES string of the molecule is CCOCCCNC(=S)Nc1ccc(SC)cc1. The standard InChI is InChI=1S/C13H20N2OS2/c1-3-16-10-4-9-14-13(17)15-11-5-7-12(18-2)8-6-11/h5-8H,3-4,9-10H2,1-2H3,(H2,14,15,17). The molecule has 0 amide bonds. The summed E-state index contributed by atoms with van der Waals surface area (Å²) in [5.74, 6) is 0. The van der Waals surface area contributed by atoms with Crippen molar-refractivity contribution in [1.82, 2.24) is 5.32 Å². The van der Waals surface area contributed by atoms with E-state index in [0.29, 0.717) is 5.11 Å². The Balaban J connectivity index is 2.22. The van der Waals surface area contributed by atoms with Crippen molar-refractivity contribution >= 4 is 34.8 Å². The minimum Gasteiger partial charge on any atom is -0.382 e. The quantitative estimate of drug-likeness (QED) is 0.457. The van der Waals surface area contributed by atoms with E-state index >= 15 is 0 Å². The van der Waals surface area contributed by atoms with Crippen molar-refractivity contribution in [2.24, 2.45) is 0 Å². The second-order valence-corrected chi connectivity index (χ2v) is 4.95. The van der Waals surface area contributed by atoms with E-state index in [-0.39, 0.29) is 0 Å². The molecule has 100 valence electrons. The van der Waals surface area contributed by atoms with Crippen molar-refractivity contribution in [3.05, 3.63) is 24.3 Å². The van der Waals surface area contributed by atoms with Crippen LogP contribution in [0.1, 0.15) is 13.3 Å². The van der Waals surface area contributed by atoms with Crippen LogP contribution in [0, 0.1) is 0 Å². The topological polar surface area (TPSA) is 33.3 Å². The van der Waals surface area contributed by atoms with Gasteiger partial charge in [-0.1, -0.05) is 0 Å². The molecule has 0 unspecified atom stereocenters. The molecule has 1 aromatic carbocycles. The Kier molecular flexibility index (Phi) is 7.80. The summed E-state index contributed by atoms with van der Waals surface area (Å²) in [5, 5.41) is 6.96. The zero-order valence-corrected chi connectivity index (χ0v) is 12.5. The Morgan fingerprint density at radius 1 is 1.33 bits per heavy atom. The molecule has 5 heteroatoms. The second kappa shape index (κ2) is 9.19. The van der Waals surface area contributed by atoms with Crippen molar-refractivity contribution in [1.29, 1.82) is 0 Å². The maximum atomic E-state index is 5.25. The monoisotopic (exact) mass is 284 g/mol. The molecule has 0 spiro atoms. The first-order chi connectivity index (χ1) is 8.76. The van der Waals surface area contributed by atoms with E-state index < -0.39 is 0 Å². The summed E-state index contributed by atoms with van der Waals surface area (Å²) in [7, 11) is 0. The van der Waals surface area contributed by atoms with Crippen molar-refractivity contribution in [3.63, 3.8) is 0 Å². The Morgan fingerprint density at radius 3 is 2.67 bits per heavy atom. The number of hydrogen-bond donors (Lipinski definition) is 2. The molecule has 2 N–H and O–H groups in total. The van der Waals surface area contributed by atoms with Crippen LogP contribution in [0.25, 0.3) is 0 Å². The molecule has 0 atom stereocenters. The van der Waals surface area contributed by atoms with Crippen LogP contribution < -0.4 is 10.6 Å². The molecule has 0 bridgehead atoms. The predicted molar refractivity (Wildman–Crippen MR) is 83.6 cm³/mol. The van der Waals surface area contributed by atoms with Crippen LogP contribution in [0.15, 0.2) is 29.2 Å². The van der Waals surface area contributed by atoms with Gasteiger partial charge < -0.3 is 15.4 Å². The van der Waals surface area contributed by atoms with E-state index in [4.69, 9.17) is 17.0 Å². The molecule has 1 rings (SSSR count). The van der Waals surface area contributed by atoms with E-state index in [1.807, 2.05) is 19.1 Å². The zero-order chi connectivity index (χ0) is 13.2. The van der Waals surface area contributed by atoms with E-state index in [2.05, 4.69) is 29.0 Å². The molecular formula is C13H20N2OS2. The van der Waals surface area contributed by atoms with Gasteiger partial charge >= 0.3 is 0 Å². The molecule has 0 aliphatic carbocycles. The van der Waals surface area contributed by atoms with Gasteiger partial charge in [-0.25, -0.2) is 0 Å². The van der Waals surface area contributed by atoms with Crippen LogP contribution in [-0.4, -0.2) is 31.1 Å². The molecule has 0 aliphatic heterocycles. The third-order valence-electron chi connectivity index (χ3n) is 2.30. The van der Waals surface area contributed by atoms with Crippen molar-refractivity contribution in [2.75, 3.05) is 31.3 Å². The van der Waals surface area contributed by atoms with Crippen LogP contribution in [0.3, 0.4) is 0 Å². The first-order valence-electron chi connectivity index (χ1n) is 6.03. The second-order valence-electron chi connectivity index (χ2n) is 3.66. The summed E-state index contributed by atoms with van der Waals surface area (Å²) in [4.78, 5) is 1.25. The molecule has 0 saturated heterocycles. The average molecular weight is 284 g/mol. The largest absolute Gasteiger partial charge is 0.382 e. The van der Waals surface area contributed by atoms with Gasteiger partial charge in [0.15, 0.2) is 5.11 Å². The number of rotatable bonds is 7. The van der Waals surface area contributed by atoms with Gasteiger partial charge in [-0.3, -0.25) is 0 Å². The van der Waals surface area contributed by atoms with Gasteiger partial charge in [-0.15, -0.1) is 11.8 Å². The fourth-order valence-electron chi connectivity index (χ4n) is 1.37. The highest BCUT2D eigenvalue weighted by atomic mass is 32.2. The summed E-state index contributed by atoms with van der Waals surface area (Å²) in [6, 6.07) is 8.20. The first kappa shape index (κ1) is 15.3. The van der Waals surface area contributed by atoms with Gasteiger partial charge in [-0.2, -0.15) is 0 Å². The number of hydrogen-bond acceptors (Lipinski definition) is 3. The number of anilines is 1. The smallest absolute Gasteiger partial charge is 0.170 e. The predicted octanol–water partition coefficient (Wildman–Crippen LogP) is 3.12. The number of benzene rings is 1. The third-order valence-corrected chi connectivity index (χ3v) is 3.29. The van der Waals surface area contributed by atoms with Gasteiger partial charge in [-0.05, 0) is 56.1 Å². The Bertz CT molecular complexity index is 355. The summed E-state index contributed by atoms with van der Waals surface area (Å²) >= 11 is 6.93. The maximum absolute atomic E-state index is 5.25. The van der Waals surface area contributed by atoms with E-state index in [9.17, 15) is 0 Å². The lowest BCUT2D eigenvalue weighted by atomic mass is 10.3. The maximum Gasteiger partial charge on any atom is 0.170 e. The lowest BCUT2D eigenvalue weighted by Crippen LogP contribution is -2.29. The highest BCUT2D eigenvalue weighted by Crippen LogP contribution is 2.17. The Labute approximate surface area is 119 Å². The fourth-order valence-corrected chi connectivity index (χ4v) is 2.00. The lowest BCUT2D eigenvalue weighted by Gasteiger charge is -2.10. The minimum atomic E-state index is 0.656. The van der Waals surface area contributed by atoms with Gasteiger partial charge in [0.1, 0.15) is 0 Å². The van der Waals surface area contributed by atoms with Gasteiger partial charge in [0.2, 0.25) is 0 Å². The van der Waals surface area contributed by atoms with Gasteiger partial charge in [0.05, 0.1) is 0 Å². The molecule has 0 aliphatic rings. The average Bonchev–Trinajstić information content (AvgIpc) is 2.39. The molecule has 0 fully saturated rings. The Morgan fingerprint density at radius 2 is 2.06 bits per heavy atom. The molecule has 0 aromatic heterocycles. The van der Waals surface area contributed by atoms with Crippen LogP contribution in [0.4, 0.5) is 5.69 Å². The van der Waals surface area contributed by atoms with Crippen LogP contribution in [0.5, 0.6) is 0 Å². The third kappa shape index (κ3) is 6.23. The highest BCUT2D eigenvalue weighted by molar-refractivity contribution is 7.98. The molecular weight excluding hydrogens is 264 g/mol. The Hall–Kier alpha value is -0.780. The lowest BCUT2D eigenvalue weighted by molar-refractivity contribution is 0.146. The normalized spacial score (nSPS) is 10.1. The van der Waals surface area contributed by atoms with Crippen LogP contribution in [-0.2, 0) is 4.74 Å².